The molecular formula is C20H24ClNO4S. The Bertz CT molecular complexity index is 849. The Labute approximate surface area is 165 Å². The highest BCUT2D eigenvalue weighted by Crippen LogP contribution is 2.39. The number of rotatable bonds is 9. The quantitative estimate of drug-likeness (QED) is 0.580. The predicted octanol–water partition coefficient (Wildman–Crippen LogP) is 4.28. The van der Waals surface area contributed by atoms with Gasteiger partial charge in [-0.2, -0.15) is 4.31 Å². The van der Waals surface area contributed by atoms with E-state index in [2.05, 4.69) is 0 Å². The van der Waals surface area contributed by atoms with E-state index in [0.717, 1.165) is 18.4 Å². The third-order valence-corrected chi connectivity index (χ3v) is 6.89. The van der Waals surface area contributed by atoms with E-state index >= 15 is 0 Å². The summed E-state index contributed by atoms with van der Waals surface area (Å²) in [6.07, 6.45) is 1.77. The summed E-state index contributed by atoms with van der Waals surface area (Å²) in [4.78, 5) is 0.273. The molecular weight excluding hydrogens is 386 g/mol. The van der Waals surface area contributed by atoms with Gasteiger partial charge in [0.25, 0.3) is 0 Å². The van der Waals surface area contributed by atoms with Gasteiger partial charge in [-0.1, -0.05) is 23.7 Å². The van der Waals surface area contributed by atoms with Gasteiger partial charge in [0.2, 0.25) is 10.0 Å². The predicted molar refractivity (Wildman–Crippen MR) is 106 cm³/mol. The minimum Gasteiger partial charge on any atom is -0.491 e. The van der Waals surface area contributed by atoms with Crippen molar-refractivity contribution in [1.82, 2.24) is 4.31 Å². The average Bonchev–Trinajstić information content (AvgIpc) is 3.47. The first-order valence-electron chi connectivity index (χ1n) is 8.94. The van der Waals surface area contributed by atoms with E-state index in [1.807, 2.05) is 19.1 Å². The van der Waals surface area contributed by atoms with Gasteiger partial charge in [0, 0.05) is 24.2 Å². The van der Waals surface area contributed by atoms with Crippen molar-refractivity contribution in [2.45, 2.75) is 36.7 Å². The number of hydrogen-bond acceptors (Lipinski definition) is 4. The molecule has 1 fully saturated rings. The van der Waals surface area contributed by atoms with Crippen LogP contribution in [-0.4, -0.2) is 39.1 Å². The summed E-state index contributed by atoms with van der Waals surface area (Å²) < 4.78 is 38.7. The van der Waals surface area contributed by atoms with E-state index in [4.69, 9.17) is 21.1 Å². The van der Waals surface area contributed by atoms with Gasteiger partial charge in [0.15, 0.2) is 0 Å². The lowest BCUT2D eigenvalue weighted by molar-refractivity contribution is 0.146. The largest absolute Gasteiger partial charge is 0.491 e. The second-order valence-electron chi connectivity index (χ2n) is 6.61. The van der Waals surface area contributed by atoms with Crippen LogP contribution in [0.25, 0.3) is 0 Å². The van der Waals surface area contributed by atoms with Gasteiger partial charge in [0.05, 0.1) is 11.5 Å². The Kier molecular flexibility index (Phi) is 6.42. The van der Waals surface area contributed by atoms with Crippen molar-refractivity contribution in [1.29, 1.82) is 0 Å². The molecule has 7 heteroatoms. The van der Waals surface area contributed by atoms with Crippen LogP contribution in [-0.2, 0) is 14.8 Å². The lowest BCUT2D eigenvalue weighted by Gasteiger charge is -2.29. The number of nitrogens with zero attached hydrogens (tertiary/aromatic N) is 1. The maximum Gasteiger partial charge on any atom is 0.243 e. The SMILES string of the molecule is COCCOc1ccc(S(=O)(=O)N(C2CC2)[C@H](C)c2ccc(Cl)cc2)cc1. The summed E-state index contributed by atoms with van der Waals surface area (Å²) in [5.41, 5.74) is 0.925. The molecule has 1 aliphatic rings. The summed E-state index contributed by atoms with van der Waals surface area (Å²) in [5, 5.41) is 0.635. The summed E-state index contributed by atoms with van der Waals surface area (Å²) in [7, 11) is -2.01. The molecule has 0 aromatic heterocycles. The zero-order valence-corrected chi connectivity index (χ0v) is 17.0. The highest BCUT2D eigenvalue weighted by atomic mass is 35.5. The van der Waals surface area contributed by atoms with Gasteiger partial charge in [0.1, 0.15) is 12.4 Å². The minimum absolute atomic E-state index is 0.0401. The van der Waals surface area contributed by atoms with Crippen molar-refractivity contribution in [2.75, 3.05) is 20.3 Å². The molecule has 27 heavy (non-hydrogen) atoms. The molecule has 2 aromatic rings. The first-order chi connectivity index (χ1) is 12.9. The van der Waals surface area contributed by atoms with E-state index in [9.17, 15) is 8.42 Å². The Balaban J connectivity index is 1.82. The second-order valence-corrected chi connectivity index (χ2v) is 8.89. The van der Waals surface area contributed by atoms with Crippen LogP contribution >= 0.6 is 11.6 Å². The third kappa shape index (κ3) is 4.82. The Morgan fingerprint density at radius 2 is 1.70 bits per heavy atom. The number of ether oxygens (including phenoxy) is 2. The molecule has 0 spiro atoms. The molecule has 0 amide bonds. The smallest absolute Gasteiger partial charge is 0.243 e. The lowest BCUT2D eigenvalue weighted by atomic mass is 10.1. The Hall–Kier alpha value is -1.60. The van der Waals surface area contributed by atoms with Crippen LogP contribution in [0.5, 0.6) is 5.75 Å². The van der Waals surface area contributed by atoms with Crippen molar-refractivity contribution in [3.05, 3.63) is 59.1 Å². The molecule has 0 radical (unpaired) electrons. The van der Waals surface area contributed by atoms with Crippen molar-refractivity contribution in [2.24, 2.45) is 0 Å². The van der Waals surface area contributed by atoms with Gasteiger partial charge in [-0.3, -0.25) is 0 Å². The van der Waals surface area contributed by atoms with Gasteiger partial charge >= 0.3 is 0 Å². The van der Waals surface area contributed by atoms with Crippen LogP contribution in [0.1, 0.15) is 31.4 Å². The first-order valence-corrected chi connectivity index (χ1v) is 10.8. The molecule has 1 saturated carbocycles. The highest BCUT2D eigenvalue weighted by Gasteiger charge is 2.41. The molecule has 0 unspecified atom stereocenters. The van der Waals surface area contributed by atoms with E-state index in [1.54, 1.807) is 47.8 Å². The fourth-order valence-electron chi connectivity index (χ4n) is 3.01. The van der Waals surface area contributed by atoms with Crippen LogP contribution in [0.2, 0.25) is 5.02 Å². The van der Waals surface area contributed by atoms with Crippen LogP contribution in [0.4, 0.5) is 0 Å². The van der Waals surface area contributed by atoms with Crippen molar-refractivity contribution < 1.29 is 17.9 Å². The molecule has 0 heterocycles. The summed E-state index contributed by atoms with van der Waals surface area (Å²) in [5.74, 6) is 0.620. The Morgan fingerprint density at radius 3 is 2.26 bits per heavy atom. The van der Waals surface area contributed by atoms with E-state index in [0.29, 0.717) is 24.0 Å². The summed E-state index contributed by atoms with van der Waals surface area (Å²) >= 11 is 5.97. The number of halogens is 1. The van der Waals surface area contributed by atoms with Gasteiger partial charge in [-0.25, -0.2) is 8.42 Å². The monoisotopic (exact) mass is 409 g/mol. The average molecular weight is 410 g/mol. The fraction of sp³-hybridized carbons (Fsp3) is 0.400. The standard InChI is InChI=1S/C20H24ClNO4S/c1-15(16-3-5-17(21)6-4-16)22(18-7-8-18)27(23,24)20-11-9-19(10-12-20)26-14-13-25-2/h3-6,9-12,15,18H,7-8,13-14H2,1-2H3/t15-/m1/s1. The number of benzene rings is 2. The minimum atomic E-state index is -3.62. The lowest BCUT2D eigenvalue weighted by Crippen LogP contribution is -2.35. The van der Waals surface area contributed by atoms with Crippen molar-refractivity contribution >= 4 is 21.6 Å². The maximum absolute atomic E-state index is 13.3. The van der Waals surface area contributed by atoms with E-state index in [-0.39, 0.29) is 17.0 Å². The van der Waals surface area contributed by atoms with Gasteiger partial charge in [-0.05, 0) is 61.7 Å². The molecule has 0 bridgehead atoms. The normalized spacial score (nSPS) is 15.7. The molecule has 1 aliphatic carbocycles. The molecule has 2 aromatic carbocycles. The molecule has 5 nitrogen and oxygen atoms in total. The number of sulfonamides is 1. The second kappa shape index (κ2) is 8.61. The van der Waals surface area contributed by atoms with Crippen molar-refractivity contribution in [3.63, 3.8) is 0 Å². The summed E-state index contributed by atoms with van der Waals surface area (Å²) in [6.45, 7) is 2.82. The third-order valence-electron chi connectivity index (χ3n) is 4.60. The van der Waals surface area contributed by atoms with Gasteiger partial charge in [-0.15, -0.1) is 0 Å². The highest BCUT2D eigenvalue weighted by molar-refractivity contribution is 7.89. The molecule has 146 valence electrons. The van der Waals surface area contributed by atoms with Crippen LogP contribution in [0.3, 0.4) is 0 Å². The zero-order valence-electron chi connectivity index (χ0n) is 15.5. The van der Waals surface area contributed by atoms with Gasteiger partial charge < -0.3 is 9.47 Å². The molecule has 0 N–H and O–H groups in total. The molecule has 0 aliphatic heterocycles. The Morgan fingerprint density at radius 1 is 1.07 bits per heavy atom. The van der Waals surface area contributed by atoms with Crippen LogP contribution < -0.4 is 4.74 Å². The van der Waals surface area contributed by atoms with Crippen LogP contribution in [0, 0.1) is 0 Å². The first kappa shape index (κ1) is 20.1. The van der Waals surface area contributed by atoms with Crippen LogP contribution in [0.15, 0.2) is 53.4 Å². The maximum atomic E-state index is 13.3. The number of hydrogen-bond donors (Lipinski definition) is 0. The fourth-order valence-corrected chi connectivity index (χ4v) is 5.00. The van der Waals surface area contributed by atoms with E-state index < -0.39 is 10.0 Å². The molecule has 1 atom stereocenters. The molecule has 0 saturated heterocycles. The molecule has 3 rings (SSSR count). The van der Waals surface area contributed by atoms with Crippen molar-refractivity contribution in [3.8, 4) is 5.75 Å². The topological polar surface area (TPSA) is 55.8 Å². The van der Waals surface area contributed by atoms with E-state index in [1.165, 1.54) is 0 Å². The zero-order chi connectivity index (χ0) is 19.4. The number of methoxy groups -OCH3 is 1. The summed E-state index contributed by atoms with van der Waals surface area (Å²) in [6, 6.07) is 13.7.